The summed E-state index contributed by atoms with van der Waals surface area (Å²) in [6.45, 7) is 5.92. The van der Waals surface area contributed by atoms with E-state index in [9.17, 15) is 4.79 Å². The standard InChI is InChI=1S/C13H23NO4/c1-12(2)13(3,18-17-12)9-16-11(15)14-10-7-5-4-6-8-10/h10H,4-9H2,1-3H3,(H,14,15). The van der Waals surface area contributed by atoms with E-state index in [0.717, 1.165) is 12.8 Å². The van der Waals surface area contributed by atoms with Crippen molar-refractivity contribution in [2.24, 2.45) is 0 Å². The van der Waals surface area contributed by atoms with Gasteiger partial charge in [-0.2, -0.15) is 0 Å². The average Bonchev–Trinajstić information content (AvgIpc) is 2.36. The molecule has 1 aliphatic heterocycles. The van der Waals surface area contributed by atoms with Crippen LogP contribution in [0.3, 0.4) is 0 Å². The molecule has 1 unspecified atom stereocenters. The molecule has 2 aliphatic rings. The predicted octanol–water partition coefficient (Wildman–Crippen LogP) is 2.54. The van der Waals surface area contributed by atoms with Crippen molar-refractivity contribution in [1.29, 1.82) is 0 Å². The first-order chi connectivity index (χ1) is 8.43. The van der Waals surface area contributed by atoms with E-state index in [1.165, 1.54) is 19.3 Å². The Kier molecular flexibility index (Phi) is 3.82. The molecule has 0 aromatic heterocycles. The average molecular weight is 257 g/mol. The summed E-state index contributed by atoms with van der Waals surface area (Å²) >= 11 is 0. The molecule has 0 spiro atoms. The van der Waals surface area contributed by atoms with Gasteiger partial charge in [0.25, 0.3) is 0 Å². The Balaban J connectivity index is 1.71. The Bertz CT molecular complexity index is 312. The third-order valence-electron chi connectivity index (χ3n) is 4.11. The molecule has 18 heavy (non-hydrogen) atoms. The maximum atomic E-state index is 11.7. The lowest BCUT2D eigenvalue weighted by atomic mass is 9.86. The number of nitrogens with one attached hydrogen (secondary N) is 1. The van der Waals surface area contributed by atoms with E-state index in [4.69, 9.17) is 14.5 Å². The number of hydrogen-bond donors (Lipinski definition) is 1. The highest BCUT2D eigenvalue weighted by molar-refractivity contribution is 5.67. The van der Waals surface area contributed by atoms with Crippen LogP contribution in [0, 0.1) is 0 Å². The van der Waals surface area contributed by atoms with Gasteiger partial charge in [0.05, 0.1) is 0 Å². The van der Waals surface area contributed by atoms with Crippen LogP contribution in [0.2, 0.25) is 0 Å². The van der Waals surface area contributed by atoms with Crippen LogP contribution in [0.15, 0.2) is 0 Å². The van der Waals surface area contributed by atoms with Gasteiger partial charge in [-0.1, -0.05) is 19.3 Å². The Morgan fingerprint density at radius 2 is 1.89 bits per heavy atom. The third kappa shape index (κ3) is 2.78. The zero-order chi connectivity index (χ0) is 13.2. The fourth-order valence-corrected chi connectivity index (χ4v) is 2.21. The largest absolute Gasteiger partial charge is 0.446 e. The van der Waals surface area contributed by atoms with Crippen LogP contribution in [-0.2, 0) is 14.5 Å². The van der Waals surface area contributed by atoms with E-state index in [1.54, 1.807) is 0 Å². The molecular formula is C13H23NO4. The first-order valence-corrected chi connectivity index (χ1v) is 6.73. The molecule has 0 aromatic carbocycles. The van der Waals surface area contributed by atoms with Crippen LogP contribution in [-0.4, -0.2) is 29.9 Å². The number of rotatable bonds is 3. The first-order valence-electron chi connectivity index (χ1n) is 6.73. The van der Waals surface area contributed by atoms with E-state index < -0.39 is 11.2 Å². The van der Waals surface area contributed by atoms with Crippen LogP contribution < -0.4 is 5.32 Å². The molecule has 5 heteroatoms. The Morgan fingerprint density at radius 3 is 2.39 bits per heavy atom. The van der Waals surface area contributed by atoms with Crippen LogP contribution in [0.1, 0.15) is 52.9 Å². The highest BCUT2D eigenvalue weighted by Gasteiger charge is 2.55. The number of hydrogen-bond acceptors (Lipinski definition) is 4. The van der Waals surface area contributed by atoms with Gasteiger partial charge in [-0.25, -0.2) is 14.6 Å². The van der Waals surface area contributed by atoms with Crippen LogP contribution in [0.25, 0.3) is 0 Å². The molecule has 5 nitrogen and oxygen atoms in total. The van der Waals surface area contributed by atoms with Gasteiger partial charge >= 0.3 is 6.09 Å². The molecular weight excluding hydrogens is 234 g/mol. The molecule has 2 rings (SSSR count). The second-order valence-electron chi connectivity index (χ2n) is 5.96. The molecule has 0 radical (unpaired) electrons. The summed E-state index contributed by atoms with van der Waals surface area (Å²) in [5.74, 6) is 0. The molecule has 1 heterocycles. The fraction of sp³-hybridized carbons (Fsp3) is 0.923. The van der Waals surface area contributed by atoms with Crippen molar-refractivity contribution in [2.45, 2.75) is 70.1 Å². The zero-order valence-electron chi connectivity index (χ0n) is 11.5. The topological polar surface area (TPSA) is 56.8 Å². The van der Waals surface area contributed by atoms with Gasteiger partial charge < -0.3 is 10.1 Å². The van der Waals surface area contributed by atoms with Gasteiger partial charge in [-0.05, 0) is 33.6 Å². The lowest BCUT2D eigenvalue weighted by molar-refractivity contribution is -0.543. The van der Waals surface area contributed by atoms with Crippen molar-refractivity contribution in [3.05, 3.63) is 0 Å². The van der Waals surface area contributed by atoms with Gasteiger partial charge in [-0.3, -0.25) is 0 Å². The highest BCUT2D eigenvalue weighted by Crippen LogP contribution is 2.39. The second kappa shape index (κ2) is 5.05. The maximum absolute atomic E-state index is 11.7. The first kappa shape index (κ1) is 13.6. The van der Waals surface area contributed by atoms with Crippen molar-refractivity contribution in [3.8, 4) is 0 Å². The maximum Gasteiger partial charge on any atom is 0.407 e. The van der Waals surface area contributed by atoms with Gasteiger partial charge in [0.2, 0.25) is 0 Å². The summed E-state index contributed by atoms with van der Waals surface area (Å²) in [6.07, 6.45) is 5.40. The monoisotopic (exact) mass is 257 g/mol. The number of carbonyl (C=O) groups is 1. The summed E-state index contributed by atoms with van der Waals surface area (Å²) in [7, 11) is 0. The predicted molar refractivity (Wildman–Crippen MR) is 66.0 cm³/mol. The van der Waals surface area contributed by atoms with Crippen molar-refractivity contribution in [2.75, 3.05) is 6.61 Å². The van der Waals surface area contributed by atoms with Crippen molar-refractivity contribution >= 4 is 6.09 Å². The molecule has 1 saturated heterocycles. The van der Waals surface area contributed by atoms with Crippen LogP contribution in [0.5, 0.6) is 0 Å². The van der Waals surface area contributed by atoms with Crippen LogP contribution in [0.4, 0.5) is 4.79 Å². The van der Waals surface area contributed by atoms with Crippen LogP contribution >= 0.6 is 0 Å². The quantitative estimate of drug-likeness (QED) is 0.789. The molecule has 104 valence electrons. The van der Waals surface area contributed by atoms with Gasteiger partial charge in [0, 0.05) is 6.04 Å². The van der Waals surface area contributed by atoms with E-state index in [0.29, 0.717) is 0 Å². The second-order valence-corrected chi connectivity index (χ2v) is 5.96. The normalized spacial score (nSPS) is 31.5. The van der Waals surface area contributed by atoms with E-state index in [-0.39, 0.29) is 18.7 Å². The third-order valence-corrected chi connectivity index (χ3v) is 4.11. The minimum atomic E-state index is -0.559. The van der Waals surface area contributed by atoms with Crippen molar-refractivity contribution in [1.82, 2.24) is 5.32 Å². The van der Waals surface area contributed by atoms with E-state index >= 15 is 0 Å². The molecule has 0 aromatic rings. The SMILES string of the molecule is CC1(C)OOC1(C)COC(=O)NC1CCCCC1. The number of carbonyl (C=O) groups excluding carboxylic acids is 1. The molecule has 2 fully saturated rings. The minimum Gasteiger partial charge on any atom is -0.446 e. The minimum absolute atomic E-state index is 0.207. The summed E-state index contributed by atoms with van der Waals surface area (Å²) < 4.78 is 5.23. The number of alkyl carbamates (subject to hydrolysis) is 1. The molecule has 1 atom stereocenters. The lowest BCUT2D eigenvalue weighted by Crippen LogP contribution is -2.64. The molecule has 1 amide bonds. The molecule has 0 bridgehead atoms. The molecule has 1 aliphatic carbocycles. The van der Waals surface area contributed by atoms with E-state index in [1.807, 2.05) is 20.8 Å². The van der Waals surface area contributed by atoms with E-state index in [2.05, 4.69) is 5.32 Å². The molecule has 1 N–H and O–H groups in total. The Labute approximate surface area is 108 Å². The van der Waals surface area contributed by atoms with Crippen molar-refractivity contribution in [3.63, 3.8) is 0 Å². The van der Waals surface area contributed by atoms with Gasteiger partial charge in [0.1, 0.15) is 12.2 Å². The fourth-order valence-electron chi connectivity index (χ4n) is 2.21. The number of amides is 1. The van der Waals surface area contributed by atoms with Gasteiger partial charge in [0.15, 0.2) is 5.60 Å². The van der Waals surface area contributed by atoms with Crippen molar-refractivity contribution < 1.29 is 19.3 Å². The highest BCUT2D eigenvalue weighted by atomic mass is 17.3. The summed E-state index contributed by atoms with van der Waals surface area (Å²) in [4.78, 5) is 21.8. The Morgan fingerprint density at radius 1 is 1.22 bits per heavy atom. The summed E-state index contributed by atoms with van der Waals surface area (Å²) in [5, 5.41) is 2.91. The zero-order valence-corrected chi connectivity index (χ0v) is 11.5. The summed E-state index contributed by atoms with van der Waals surface area (Å²) in [6, 6.07) is 0.269. The summed E-state index contributed by atoms with van der Waals surface area (Å²) in [5.41, 5.74) is -0.977. The van der Waals surface area contributed by atoms with Gasteiger partial charge in [-0.15, -0.1) is 0 Å². The smallest absolute Gasteiger partial charge is 0.407 e. The lowest BCUT2D eigenvalue weighted by Gasteiger charge is -2.50. The Hall–Kier alpha value is -0.810. The number of ether oxygens (including phenoxy) is 1. The molecule has 1 saturated carbocycles.